The fourth-order valence-electron chi connectivity index (χ4n) is 3.29. The molecule has 3 heterocycles. The van der Waals surface area contributed by atoms with Gasteiger partial charge in [0.15, 0.2) is 0 Å². The van der Waals surface area contributed by atoms with E-state index in [1.54, 1.807) is 17.1 Å². The van der Waals surface area contributed by atoms with Crippen LogP contribution in [0.25, 0.3) is 27.0 Å². The van der Waals surface area contributed by atoms with Gasteiger partial charge in [0.25, 0.3) is 0 Å². The van der Waals surface area contributed by atoms with Crippen molar-refractivity contribution >= 4 is 56.7 Å². The van der Waals surface area contributed by atoms with Gasteiger partial charge >= 0.3 is 0 Å². The molecular formula is C20H22N6OS2. The second-order valence-electron chi connectivity index (χ2n) is 6.99. The first-order valence-electron chi connectivity index (χ1n) is 9.28. The van der Waals surface area contributed by atoms with Crippen molar-refractivity contribution in [2.75, 3.05) is 5.73 Å². The van der Waals surface area contributed by atoms with Gasteiger partial charge in [0, 0.05) is 35.6 Å². The number of pyridine rings is 1. The number of aromatic nitrogens is 3. The van der Waals surface area contributed by atoms with Gasteiger partial charge in [-0.3, -0.25) is 13.9 Å². The van der Waals surface area contributed by atoms with Crippen molar-refractivity contribution in [1.82, 2.24) is 14.8 Å². The van der Waals surface area contributed by atoms with E-state index in [9.17, 15) is 4.21 Å². The number of anilines is 1. The molecule has 7 nitrogen and oxygen atoms in total. The van der Waals surface area contributed by atoms with Crippen LogP contribution in [0.1, 0.15) is 31.9 Å². The van der Waals surface area contributed by atoms with E-state index >= 15 is 0 Å². The number of nitrogens with two attached hydrogens (primary N) is 1. The quantitative estimate of drug-likeness (QED) is 0.475. The molecule has 0 aromatic carbocycles. The monoisotopic (exact) mass is 426 g/mol. The summed E-state index contributed by atoms with van der Waals surface area (Å²) in [7, 11) is 0.793. The Morgan fingerprint density at radius 1 is 1.48 bits per heavy atom. The van der Waals surface area contributed by atoms with Gasteiger partial charge in [-0.25, -0.2) is 9.98 Å². The maximum Gasteiger partial charge on any atom is 0.127 e. The van der Waals surface area contributed by atoms with Crippen LogP contribution in [0.3, 0.4) is 0 Å². The van der Waals surface area contributed by atoms with E-state index in [-0.39, 0.29) is 5.25 Å². The van der Waals surface area contributed by atoms with E-state index in [0.717, 1.165) is 56.2 Å². The van der Waals surface area contributed by atoms with Crippen LogP contribution >= 0.6 is 11.3 Å². The molecule has 0 spiro atoms. The highest BCUT2D eigenvalue weighted by Gasteiger charge is 2.29. The normalized spacial score (nSPS) is 16.4. The summed E-state index contributed by atoms with van der Waals surface area (Å²) in [4.78, 5) is 13.3. The molecule has 29 heavy (non-hydrogen) atoms. The standard InChI is InChI=1S/C20H22N6OS2/c1-12(10-23-11-22-2)15-9-14(16-7-8-24-26(16)3)17-18(21)20(28-19(17)25-15)29(27)13-5-4-6-13/h7-11,13H,2,4-6,21H2,1,3H3/b12-10+,23-11?. The highest BCUT2D eigenvalue weighted by Crippen LogP contribution is 2.44. The summed E-state index contributed by atoms with van der Waals surface area (Å²) in [6.07, 6.45) is 7.94. The largest absolute Gasteiger partial charge is 0.396 e. The lowest BCUT2D eigenvalue weighted by atomic mass is 10.0. The molecule has 0 aliphatic heterocycles. The van der Waals surface area contributed by atoms with E-state index in [1.165, 1.54) is 17.7 Å². The minimum absolute atomic E-state index is 0.201. The maximum absolute atomic E-state index is 13.0. The number of hydrogen-bond donors (Lipinski definition) is 1. The maximum atomic E-state index is 13.0. The molecular weight excluding hydrogens is 404 g/mol. The predicted molar refractivity (Wildman–Crippen MR) is 122 cm³/mol. The van der Waals surface area contributed by atoms with E-state index in [0.29, 0.717) is 5.69 Å². The fraction of sp³-hybridized carbons (Fsp3) is 0.300. The Balaban J connectivity index is 1.93. The number of nitrogen functional groups attached to an aromatic ring is 1. The predicted octanol–water partition coefficient (Wildman–Crippen LogP) is 4.03. The van der Waals surface area contributed by atoms with Gasteiger partial charge in [0.2, 0.25) is 0 Å². The molecule has 3 aromatic heterocycles. The Morgan fingerprint density at radius 3 is 2.90 bits per heavy atom. The highest BCUT2D eigenvalue weighted by molar-refractivity contribution is 7.88. The molecule has 1 atom stereocenters. The van der Waals surface area contributed by atoms with E-state index < -0.39 is 10.8 Å². The first-order valence-corrected chi connectivity index (χ1v) is 11.3. The van der Waals surface area contributed by atoms with Gasteiger partial charge in [0.1, 0.15) is 15.4 Å². The average molecular weight is 427 g/mol. The van der Waals surface area contributed by atoms with Crippen LogP contribution in [0.4, 0.5) is 5.69 Å². The Hall–Kier alpha value is -2.65. The van der Waals surface area contributed by atoms with Crippen LogP contribution in [0.15, 0.2) is 38.7 Å². The van der Waals surface area contributed by atoms with Gasteiger partial charge < -0.3 is 5.73 Å². The van der Waals surface area contributed by atoms with Gasteiger partial charge in [-0.2, -0.15) is 5.10 Å². The van der Waals surface area contributed by atoms with Crippen molar-refractivity contribution in [2.45, 2.75) is 35.6 Å². The topological polar surface area (TPSA) is 98.5 Å². The molecule has 1 saturated carbocycles. The zero-order valence-corrected chi connectivity index (χ0v) is 18.0. The molecule has 3 aromatic rings. The SMILES string of the molecule is C=NC=N/C=C(\C)c1cc(-c2ccnn2C)c2c(N)c(S(=O)C3CCC3)sc2n1. The third-order valence-corrected chi connectivity index (χ3v) is 8.42. The Labute approximate surface area is 175 Å². The third kappa shape index (κ3) is 3.56. The van der Waals surface area contributed by atoms with Crippen molar-refractivity contribution in [1.29, 1.82) is 0 Å². The zero-order valence-electron chi connectivity index (χ0n) is 16.3. The molecule has 4 rings (SSSR count). The molecule has 1 aliphatic carbocycles. The second-order valence-corrected chi connectivity index (χ2v) is 9.92. The number of nitrogens with zero attached hydrogens (tertiary/aromatic N) is 5. The highest BCUT2D eigenvalue weighted by atomic mass is 32.2. The van der Waals surface area contributed by atoms with E-state index in [1.807, 2.05) is 26.1 Å². The molecule has 1 unspecified atom stereocenters. The number of allylic oxidation sites excluding steroid dienone is 1. The van der Waals surface area contributed by atoms with Crippen molar-refractivity contribution in [3.8, 4) is 11.3 Å². The van der Waals surface area contributed by atoms with Crippen LogP contribution in [0.5, 0.6) is 0 Å². The fourth-order valence-corrected chi connectivity index (χ4v) is 6.50. The Morgan fingerprint density at radius 2 is 2.28 bits per heavy atom. The minimum Gasteiger partial charge on any atom is -0.396 e. The molecule has 1 aliphatic rings. The Bertz CT molecular complexity index is 1170. The van der Waals surface area contributed by atoms with Crippen LogP contribution in [-0.4, -0.2) is 37.3 Å². The molecule has 0 amide bonds. The number of hydrogen-bond acceptors (Lipinski definition) is 6. The summed E-state index contributed by atoms with van der Waals surface area (Å²) in [6, 6.07) is 3.93. The minimum atomic E-state index is -1.10. The van der Waals surface area contributed by atoms with Crippen molar-refractivity contribution in [2.24, 2.45) is 17.0 Å². The molecule has 1 fully saturated rings. The van der Waals surface area contributed by atoms with E-state index in [2.05, 4.69) is 21.8 Å². The molecule has 2 N–H and O–H groups in total. The average Bonchev–Trinajstić information content (AvgIpc) is 3.23. The number of rotatable bonds is 6. The van der Waals surface area contributed by atoms with Crippen LogP contribution in [0, 0.1) is 0 Å². The van der Waals surface area contributed by atoms with Gasteiger partial charge in [0.05, 0.1) is 27.9 Å². The first-order chi connectivity index (χ1) is 14.0. The number of aryl methyl sites for hydroxylation is 1. The lowest BCUT2D eigenvalue weighted by molar-refractivity contribution is 0.505. The summed E-state index contributed by atoms with van der Waals surface area (Å²) in [5, 5.41) is 5.34. The van der Waals surface area contributed by atoms with Crippen LogP contribution in [-0.2, 0) is 17.8 Å². The summed E-state index contributed by atoms with van der Waals surface area (Å²) in [6.45, 7) is 5.33. The molecule has 0 bridgehead atoms. The lowest BCUT2D eigenvalue weighted by Gasteiger charge is -2.23. The Kier molecular flexibility index (Phi) is 5.42. The summed E-state index contributed by atoms with van der Waals surface area (Å²) in [5.41, 5.74) is 10.6. The van der Waals surface area contributed by atoms with E-state index in [4.69, 9.17) is 10.7 Å². The second kappa shape index (κ2) is 8.00. The van der Waals surface area contributed by atoms with Gasteiger partial charge in [-0.15, -0.1) is 11.3 Å². The molecule has 9 heteroatoms. The number of fused-ring (bicyclic) bond motifs is 1. The summed E-state index contributed by atoms with van der Waals surface area (Å²) in [5.74, 6) is 0. The first kappa shape index (κ1) is 19.7. The number of aliphatic imine (C=N–C) groups is 2. The summed E-state index contributed by atoms with van der Waals surface area (Å²) >= 11 is 1.43. The molecule has 150 valence electrons. The number of thiophene rings is 1. The molecule has 0 radical (unpaired) electrons. The van der Waals surface area contributed by atoms with Crippen molar-refractivity contribution < 1.29 is 4.21 Å². The van der Waals surface area contributed by atoms with Crippen LogP contribution in [0.2, 0.25) is 0 Å². The third-order valence-electron chi connectivity index (χ3n) is 5.12. The smallest absolute Gasteiger partial charge is 0.127 e. The van der Waals surface area contributed by atoms with Crippen LogP contribution < -0.4 is 5.73 Å². The summed E-state index contributed by atoms with van der Waals surface area (Å²) < 4.78 is 15.6. The van der Waals surface area contributed by atoms with Gasteiger partial charge in [-0.05, 0) is 44.2 Å². The zero-order chi connectivity index (χ0) is 20.5. The van der Waals surface area contributed by atoms with Crippen molar-refractivity contribution in [3.05, 3.63) is 30.2 Å². The molecule has 0 saturated heterocycles. The lowest BCUT2D eigenvalue weighted by Crippen LogP contribution is -2.23. The van der Waals surface area contributed by atoms with Gasteiger partial charge in [-0.1, -0.05) is 6.42 Å². The van der Waals surface area contributed by atoms with Crippen molar-refractivity contribution in [3.63, 3.8) is 0 Å².